The number of likely N-dealkylation sites (N-methyl/N-ethyl adjacent to an activating group) is 1. The highest BCUT2D eigenvalue weighted by Gasteiger charge is 2.32. The highest BCUT2D eigenvalue weighted by atomic mass is 35.5. The Bertz CT molecular complexity index is 1480. The summed E-state index contributed by atoms with van der Waals surface area (Å²) in [7, 11) is 1.74. The topological polar surface area (TPSA) is 105 Å². The number of hydrogen-bond acceptors (Lipinski definition) is 6. The van der Waals surface area contributed by atoms with Gasteiger partial charge in [-0.2, -0.15) is 0 Å². The summed E-state index contributed by atoms with van der Waals surface area (Å²) in [6, 6.07) is 17.8. The SMILES string of the molecule is CN(C(=O)CN1C(=O)COc2cc(Cl)c(Cl)cc21)[C@H](CN1CCOCC1)c1cccc(-c2cccc(C(N)=O)c2)c1. The van der Waals surface area contributed by atoms with Crippen LogP contribution < -0.4 is 15.4 Å². The Morgan fingerprint density at radius 1 is 1.00 bits per heavy atom. The molecule has 214 valence electrons. The maximum Gasteiger partial charge on any atom is 0.265 e. The van der Waals surface area contributed by atoms with Gasteiger partial charge in [0.1, 0.15) is 12.3 Å². The maximum absolute atomic E-state index is 13.8. The first-order chi connectivity index (χ1) is 19.7. The molecule has 0 radical (unpaired) electrons. The van der Waals surface area contributed by atoms with Crippen molar-refractivity contribution in [2.24, 2.45) is 5.73 Å². The summed E-state index contributed by atoms with van der Waals surface area (Å²) in [5.74, 6) is -0.707. The van der Waals surface area contributed by atoms with Crippen LogP contribution in [0.3, 0.4) is 0 Å². The van der Waals surface area contributed by atoms with Gasteiger partial charge in [-0.1, -0.05) is 53.5 Å². The summed E-state index contributed by atoms with van der Waals surface area (Å²) < 4.78 is 11.1. The third-order valence-electron chi connectivity index (χ3n) is 7.39. The molecule has 1 atom stereocenters. The van der Waals surface area contributed by atoms with E-state index in [4.69, 9.17) is 38.4 Å². The molecule has 3 aromatic rings. The zero-order valence-electron chi connectivity index (χ0n) is 22.5. The Kier molecular flexibility index (Phi) is 8.79. The Morgan fingerprint density at radius 2 is 1.68 bits per heavy atom. The van der Waals surface area contributed by atoms with Crippen molar-refractivity contribution in [3.8, 4) is 16.9 Å². The van der Waals surface area contributed by atoms with Gasteiger partial charge in [0, 0.05) is 38.3 Å². The fraction of sp³-hybridized carbons (Fsp3) is 0.300. The number of morpholine rings is 1. The quantitative estimate of drug-likeness (QED) is 0.421. The number of carbonyl (C=O) groups excluding carboxylic acids is 3. The average Bonchev–Trinajstić information content (AvgIpc) is 2.98. The largest absolute Gasteiger partial charge is 0.482 e. The number of nitrogens with two attached hydrogens (primary N) is 1. The van der Waals surface area contributed by atoms with E-state index in [-0.39, 0.29) is 36.0 Å². The molecule has 0 bridgehead atoms. The molecular weight excluding hydrogens is 567 g/mol. The number of fused-ring (bicyclic) bond motifs is 1. The lowest BCUT2D eigenvalue weighted by atomic mass is 9.97. The van der Waals surface area contributed by atoms with Crippen molar-refractivity contribution in [1.29, 1.82) is 0 Å². The Labute approximate surface area is 248 Å². The predicted octanol–water partition coefficient (Wildman–Crippen LogP) is 4.02. The highest BCUT2D eigenvalue weighted by molar-refractivity contribution is 6.42. The van der Waals surface area contributed by atoms with E-state index in [0.717, 1.165) is 29.8 Å². The number of benzene rings is 3. The number of carbonyl (C=O) groups is 3. The minimum Gasteiger partial charge on any atom is -0.482 e. The van der Waals surface area contributed by atoms with Gasteiger partial charge in [0.25, 0.3) is 5.91 Å². The normalized spacial score (nSPS) is 16.1. The van der Waals surface area contributed by atoms with Crippen molar-refractivity contribution in [2.45, 2.75) is 6.04 Å². The molecule has 0 unspecified atom stereocenters. The second kappa shape index (κ2) is 12.5. The van der Waals surface area contributed by atoms with E-state index in [9.17, 15) is 14.4 Å². The van der Waals surface area contributed by atoms with Gasteiger partial charge in [-0.25, -0.2) is 0 Å². The van der Waals surface area contributed by atoms with Crippen LogP contribution in [0.2, 0.25) is 10.0 Å². The number of nitrogens with zero attached hydrogens (tertiary/aromatic N) is 3. The van der Waals surface area contributed by atoms with Crippen LogP contribution in [0.15, 0.2) is 60.7 Å². The van der Waals surface area contributed by atoms with Crippen LogP contribution >= 0.6 is 23.2 Å². The average molecular weight is 597 g/mol. The van der Waals surface area contributed by atoms with Crippen LogP contribution in [0.1, 0.15) is 22.0 Å². The van der Waals surface area contributed by atoms with E-state index in [1.165, 1.54) is 4.90 Å². The first-order valence-corrected chi connectivity index (χ1v) is 13.9. The van der Waals surface area contributed by atoms with E-state index in [1.807, 2.05) is 30.3 Å². The van der Waals surface area contributed by atoms with Crippen LogP contribution in [0.5, 0.6) is 5.75 Å². The molecule has 0 aromatic heterocycles. The van der Waals surface area contributed by atoms with Crippen LogP contribution in [0, 0.1) is 0 Å². The van der Waals surface area contributed by atoms with Gasteiger partial charge in [-0.05, 0) is 41.0 Å². The van der Waals surface area contributed by atoms with Crippen LogP contribution in [0.25, 0.3) is 11.1 Å². The van der Waals surface area contributed by atoms with Crippen LogP contribution in [-0.4, -0.2) is 80.6 Å². The standard InChI is InChI=1S/C30H30Cl2N4O5/c1-34(28(37)17-36-25-14-23(31)24(32)15-27(25)41-18-29(36)38)26(16-35-8-10-40-11-9-35)21-6-2-4-19(12-21)20-5-3-7-22(13-20)30(33)39/h2-7,12-15,26H,8-11,16-18H2,1H3,(H2,33,39)/t26-/m1/s1. The van der Waals surface area contributed by atoms with Gasteiger partial charge in [-0.3, -0.25) is 24.2 Å². The Hall–Kier alpha value is -3.63. The van der Waals surface area contributed by atoms with Gasteiger partial charge in [0.05, 0.1) is 35.0 Å². The van der Waals surface area contributed by atoms with Crippen molar-refractivity contribution in [2.75, 3.05) is 57.9 Å². The number of anilines is 1. The predicted molar refractivity (Wildman–Crippen MR) is 157 cm³/mol. The maximum atomic E-state index is 13.8. The summed E-state index contributed by atoms with van der Waals surface area (Å²) in [4.78, 5) is 43.7. The zero-order chi connectivity index (χ0) is 29.1. The molecule has 3 aromatic carbocycles. The molecule has 0 spiro atoms. The third kappa shape index (κ3) is 6.49. The van der Waals surface area contributed by atoms with Crippen molar-refractivity contribution in [3.05, 3.63) is 81.8 Å². The summed E-state index contributed by atoms with van der Waals surface area (Å²) in [6.45, 7) is 2.90. The lowest BCUT2D eigenvalue weighted by molar-refractivity contribution is -0.133. The molecule has 1 saturated heterocycles. The Morgan fingerprint density at radius 3 is 2.41 bits per heavy atom. The molecule has 2 aliphatic rings. The van der Waals surface area contributed by atoms with E-state index in [1.54, 1.807) is 42.3 Å². The fourth-order valence-corrected chi connectivity index (χ4v) is 5.36. The number of primary amides is 1. The molecule has 11 heteroatoms. The molecule has 1 fully saturated rings. The van der Waals surface area contributed by atoms with Crippen LogP contribution in [0.4, 0.5) is 5.69 Å². The lowest BCUT2D eigenvalue weighted by Crippen LogP contribution is -2.48. The molecule has 5 rings (SSSR count). The van der Waals surface area contributed by atoms with E-state index >= 15 is 0 Å². The minimum absolute atomic E-state index is 0.191. The monoisotopic (exact) mass is 596 g/mol. The second-order valence-electron chi connectivity index (χ2n) is 10.0. The van der Waals surface area contributed by atoms with Gasteiger partial charge in [0.15, 0.2) is 6.61 Å². The first-order valence-electron chi connectivity index (χ1n) is 13.2. The molecule has 0 aliphatic carbocycles. The van der Waals surface area contributed by atoms with Crippen molar-refractivity contribution >= 4 is 46.6 Å². The van der Waals surface area contributed by atoms with Crippen LogP contribution in [-0.2, 0) is 14.3 Å². The number of ether oxygens (including phenoxy) is 2. The Balaban J connectivity index is 1.44. The molecule has 3 amide bonds. The molecule has 2 heterocycles. The van der Waals surface area contributed by atoms with Gasteiger partial charge in [-0.15, -0.1) is 0 Å². The summed E-state index contributed by atoms with van der Waals surface area (Å²) in [5.41, 5.74) is 8.97. The van der Waals surface area contributed by atoms with Gasteiger partial charge < -0.3 is 20.1 Å². The van der Waals surface area contributed by atoms with Gasteiger partial charge in [0.2, 0.25) is 11.8 Å². The van der Waals surface area contributed by atoms with Gasteiger partial charge >= 0.3 is 0 Å². The second-order valence-corrected chi connectivity index (χ2v) is 10.8. The van der Waals surface area contributed by atoms with E-state index in [0.29, 0.717) is 41.8 Å². The fourth-order valence-electron chi connectivity index (χ4n) is 5.05. The lowest BCUT2D eigenvalue weighted by Gasteiger charge is -2.37. The molecule has 2 aliphatic heterocycles. The molecule has 41 heavy (non-hydrogen) atoms. The number of hydrogen-bond donors (Lipinski definition) is 1. The zero-order valence-corrected chi connectivity index (χ0v) is 24.0. The first kappa shape index (κ1) is 28.9. The molecule has 0 saturated carbocycles. The summed E-state index contributed by atoms with van der Waals surface area (Å²) >= 11 is 12.4. The number of amides is 3. The summed E-state index contributed by atoms with van der Waals surface area (Å²) in [6.07, 6.45) is 0. The highest BCUT2D eigenvalue weighted by Crippen LogP contribution is 2.39. The molecule has 9 nitrogen and oxygen atoms in total. The smallest absolute Gasteiger partial charge is 0.265 e. The number of rotatable bonds is 8. The third-order valence-corrected chi connectivity index (χ3v) is 8.11. The van der Waals surface area contributed by atoms with Crippen molar-refractivity contribution < 1.29 is 23.9 Å². The summed E-state index contributed by atoms with van der Waals surface area (Å²) in [5, 5.41) is 0.562. The van der Waals surface area contributed by atoms with E-state index < -0.39 is 5.91 Å². The molecule has 2 N–H and O–H groups in total. The molecular formula is C30H30Cl2N4O5. The number of halogens is 2. The van der Waals surface area contributed by atoms with Crippen molar-refractivity contribution in [1.82, 2.24) is 9.80 Å². The van der Waals surface area contributed by atoms with E-state index in [2.05, 4.69) is 4.90 Å². The van der Waals surface area contributed by atoms with Crippen molar-refractivity contribution in [3.63, 3.8) is 0 Å². The minimum atomic E-state index is -0.499.